The van der Waals surface area contributed by atoms with Crippen LogP contribution >= 0.6 is 43.6 Å². The molecule has 0 unspecified atom stereocenters. The van der Waals surface area contributed by atoms with Gasteiger partial charge in [0.25, 0.3) is 5.22 Å². The average molecular weight is 426 g/mol. The van der Waals surface area contributed by atoms with Crippen LogP contribution in [0.2, 0.25) is 0 Å². The Morgan fingerprint density at radius 2 is 1.86 bits per heavy atom. The Balaban J connectivity index is 1.72. The van der Waals surface area contributed by atoms with Gasteiger partial charge in [-0.1, -0.05) is 52.0 Å². The van der Waals surface area contributed by atoms with Crippen molar-refractivity contribution in [2.45, 2.75) is 11.0 Å². The summed E-state index contributed by atoms with van der Waals surface area (Å²) in [4.78, 5) is 0. The Hall–Kier alpha value is -1.11. The summed E-state index contributed by atoms with van der Waals surface area (Å²) in [5.74, 6) is 1.32. The predicted molar refractivity (Wildman–Crippen MR) is 91.1 cm³/mol. The van der Waals surface area contributed by atoms with Crippen molar-refractivity contribution in [2.75, 3.05) is 0 Å². The Bertz CT molecular complexity index is 761. The Labute approximate surface area is 143 Å². The zero-order valence-electron chi connectivity index (χ0n) is 10.8. The average Bonchev–Trinajstić information content (AvgIpc) is 2.94. The van der Waals surface area contributed by atoms with E-state index in [2.05, 4.69) is 54.2 Å². The second-order valence-corrected chi connectivity index (χ2v) is 6.97. The molecular formula is C15H10Br2N2OS. The number of halogens is 2. The minimum atomic E-state index is 0.527. The minimum absolute atomic E-state index is 0.527. The van der Waals surface area contributed by atoms with E-state index in [1.54, 1.807) is 0 Å². The highest BCUT2D eigenvalue weighted by Gasteiger charge is 2.11. The van der Waals surface area contributed by atoms with Crippen LogP contribution in [0.1, 0.15) is 5.56 Å². The van der Waals surface area contributed by atoms with Crippen molar-refractivity contribution >= 4 is 43.6 Å². The van der Waals surface area contributed by atoms with E-state index in [9.17, 15) is 0 Å². The lowest BCUT2D eigenvalue weighted by Crippen LogP contribution is -1.80. The van der Waals surface area contributed by atoms with Gasteiger partial charge in [0.2, 0.25) is 5.89 Å². The molecule has 0 bridgehead atoms. The van der Waals surface area contributed by atoms with Gasteiger partial charge >= 0.3 is 0 Å². The zero-order valence-corrected chi connectivity index (χ0v) is 14.8. The lowest BCUT2D eigenvalue weighted by Gasteiger charge is -1.99. The van der Waals surface area contributed by atoms with Crippen LogP contribution in [-0.2, 0) is 5.75 Å². The molecule has 3 rings (SSSR count). The molecule has 2 aromatic carbocycles. The van der Waals surface area contributed by atoms with E-state index in [0.29, 0.717) is 11.1 Å². The number of nitrogens with zero attached hydrogens (tertiary/aromatic N) is 2. The third kappa shape index (κ3) is 3.75. The molecule has 0 aliphatic carbocycles. The Morgan fingerprint density at radius 1 is 1.00 bits per heavy atom. The van der Waals surface area contributed by atoms with Crippen molar-refractivity contribution in [3.63, 3.8) is 0 Å². The molecule has 3 aromatic rings. The van der Waals surface area contributed by atoms with Crippen molar-refractivity contribution in [3.05, 3.63) is 63.0 Å². The molecular weight excluding hydrogens is 416 g/mol. The fraction of sp³-hybridized carbons (Fsp3) is 0.0667. The molecule has 0 saturated heterocycles. The van der Waals surface area contributed by atoms with Crippen molar-refractivity contribution in [2.24, 2.45) is 0 Å². The van der Waals surface area contributed by atoms with Gasteiger partial charge in [-0.05, 0) is 45.8 Å². The van der Waals surface area contributed by atoms with E-state index in [1.165, 1.54) is 17.3 Å². The topological polar surface area (TPSA) is 38.9 Å². The summed E-state index contributed by atoms with van der Waals surface area (Å²) in [6, 6.07) is 16.0. The molecule has 21 heavy (non-hydrogen) atoms. The van der Waals surface area contributed by atoms with Crippen molar-refractivity contribution in [3.8, 4) is 11.5 Å². The summed E-state index contributed by atoms with van der Waals surface area (Å²) >= 11 is 8.48. The first-order chi connectivity index (χ1) is 10.2. The summed E-state index contributed by atoms with van der Waals surface area (Å²) < 4.78 is 7.71. The molecule has 0 radical (unpaired) electrons. The second-order valence-electron chi connectivity index (χ2n) is 4.27. The number of benzene rings is 2. The highest BCUT2D eigenvalue weighted by atomic mass is 79.9. The fourth-order valence-corrected chi connectivity index (χ4v) is 3.39. The summed E-state index contributed by atoms with van der Waals surface area (Å²) in [6.45, 7) is 0. The van der Waals surface area contributed by atoms with E-state index in [0.717, 1.165) is 20.3 Å². The molecule has 0 spiro atoms. The highest BCUT2D eigenvalue weighted by molar-refractivity contribution is 9.10. The summed E-state index contributed by atoms with van der Waals surface area (Å²) in [5, 5.41) is 8.76. The molecule has 0 amide bonds. The lowest BCUT2D eigenvalue weighted by atomic mass is 10.2. The maximum atomic E-state index is 5.70. The highest BCUT2D eigenvalue weighted by Crippen LogP contribution is 2.30. The molecule has 0 N–H and O–H groups in total. The quantitative estimate of drug-likeness (QED) is 0.513. The molecule has 0 aliphatic heterocycles. The van der Waals surface area contributed by atoms with E-state index < -0.39 is 0 Å². The lowest BCUT2D eigenvalue weighted by molar-refractivity contribution is 0.465. The molecule has 1 aromatic heterocycles. The van der Waals surface area contributed by atoms with E-state index in [-0.39, 0.29) is 0 Å². The second kappa shape index (κ2) is 6.77. The molecule has 0 fully saturated rings. The third-order valence-corrected chi connectivity index (χ3v) is 4.84. The number of hydrogen-bond acceptors (Lipinski definition) is 4. The molecule has 1 heterocycles. The summed E-state index contributed by atoms with van der Waals surface area (Å²) in [5.41, 5.74) is 2.11. The van der Waals surface area contributed by atoms with Gasteiger partial charge in [0, 0.05) is 14.7 Å². The van der Waals surface area contributed by atoms with Crippen LogP contribution in [0.15, 0.2) is 67.1 Å². The fourth-order valence-electron chi connectivity index (χ4n) is 1.78. The number of hydrogen-bond donors (Lipinski definition) is 0. The van der Waals surface area contributed by atoms with E-state index >= 15 is 0 Å². The smallest absolute Gasteiger partial charge is 0.277 e. The van der Waals surface area contributed by atoms with Crippen LogP contribution in [0.25, 0.3) is 11.5 Å². The number of thioether (sulfide) groups is 1. The van der Waals surface area contributed by atoms with Gasteiger partial charge in [-0.25, -0.2) is 0 Å². The first-order valence-electron chi connectivity index (χ1n) is 6.18. The van der Waals surface area contributed by atoms with Gasteiger partial charge in [0.05, 0.1) is 5.56 Å². The molecule has 106 valence electrons. The predicted octanol–water partition coefficient (Wildman–Crippen LogP) is 5.55. The number of rotatable bonds is 4. The largest absolute Gasteiger partial charge is 0.411 e. The number of aromatic nitrogens is 2. The van der Waals surface area contributed by atoms with Gasteiger partial charge in [-0.2, -0.15) is 0 Å². The van der Waals surface area contributed by atoms with Crippen LogP contribution in [0.4, 0.5) is 0 Å². The van der Waals surface area contributed by atoms with Crippen molar-refractivity contribution in [1.82, 2.24) is 10.2 Å². The van der Waals surface area contributed by atoms with Crippen LogP contribution in [0.5, 0.6) is 0 Å². The van der Waals surface area contributed by atoms with Gasteiger partial charge in [-0.15, -0.1) is 10.2 Å². The van der Waals surface area contributed by atoms with Gasteiger partial charge in [-0.3, -0.25) is 0 Å². The Kier molecular flexibility index (Phi) is 4.77. The Morgan fingerprint density at radius 3 is 2.67 bits per heavy atom. The first kappa shape index (κ1) is 14.8. The molecule has 6 heteroatoms. The monoisotopic (exact) mass is 424 g/mol. The normalized spacial score (nSPS) is 10.8. The summed E-state index contributed by atoms with van der Waals surface area (Å²) in [6.07, 6.45) is 0. The van der Waals surface area contributed by atoms with Crippen LogP contribution in [0, 0.1) is 0 Å². The molecule has 0 atom stereocenters. The standard InChI is InChI=1S/C15H10Br2N2OS/c16-11-5-3-4-10(8-11)9-21-15-19-18-14(20-15)12-6-1-2-7-13(12)17/h1-8H,9H2. The minimum Gasteiger partial charge on any atom is -0.411 e. The van der Waals surface area contributed by atoms with Crippen LogP contribution in [0.3, 0.4) is 0 Å². The maximum Gasteiger partial charge on any atom is 0.277 e. The molecule has 0 saturated carbocycles. The van der Waals surface area contributed by atoms with Crippen LogP contribution in [-0.4, -0.2) is 10.2 Å². The van der Waals surface area contributed by atoms with Crippen molar-refractivity contribution in [1.29, 1.82) is 0 Å². The first-order valence-corrected chi connectivity index (χ1v) is 8.75. The van der Waals surface area contributed by atoms with Gasteiger partial charge in [0.15, 0.2) is 0 Å². The molecule has 3 nitrogen and oxygen atoms in total. The third-order valence-electron chi connectivity index (χ3n) is 2.76. The summed E-state index contributed by atoms with van der Waals surface area (Å²) in [7, 11) is 0. The SMILES string of the molecule is Brc1cccc(CSc2nnc(-c3ccccc3Br)o2)c1. The zero-order chi connectivity index (χ0) is 14.7. The molecule has 0 aliphatic rings. The maximum absolute atomic E-state index is 5.70. The van der Waals surface area contributed by atoms with Gasteiger partial charge in [0.1, 0.15) is 0 Å². The van der Waals surface area contributed by atoms with Crippen molar-refractivity contribution < 1.29 is 4.42 Å². The van der Waals surface area contributed by atoms with E-state index in [4.69, 9.17) is 4.42 Å². The van der Waals surface area contributed by atoms with Crippen LogP contribution < -0.4 is 0 Å². The van der Waals surface area contributed by atoms with Gasteiger partial charge < -0.3 is 4.42 Å². The van der Waals surface area contributed by atoms with E-state index in [1.807, 2.05) is 36.4 Å².